The zero-order valence-corrected chi connectivity index (χ0v) is 19.7. The van der Waals surface area contributed by atoms with Gasteiger partial charge in [0.2, 0.25) is 0 Å². The summed E-state index contributed by atoms with van der Waals surface area (Å²) in [5.41, 5.74) is 7.27. The van der Waals surface area contributed by atoms with E-state index in [1.807, 2.05) is 4.68 Å². The van der Waals surface area contributed by atoms with Crippen molar-refractivity contribution >= 4 is 10.9 Å². The second-order valence-electron chi connectivity index (χ2n) is 9.28. The van der Waals surface area contributed by atoms with Crippen LogP contribution in [-0.2, 0) is 6.42 Å². The Morgan fingerprint density at radius 3 is 2.73 bits per heavy atom. The molecule has 2 N–H and O–H groups in total. The lowest BCUT2D eigenvalue weighted by Gasteiger charge is -2.28. The first-order chi connectivity index (χ1) is 16.1. The summed E-state index contributed by atoms with van der Waals surface area (Å²) < 4.78 is 1.96. The van der Waals surface area contributed by atoms with Crippen molar-refractivity contribution in [3.8, 4) is 5.69 Å². The Kier molecular flexibility index (Phi) is 6.09. The van der Waals surface area contributed by atoms with Crippen molar-refractivity contribution in [2.24, 2.45) is 5.92 Å². The molecule has 0 radical (unpaired) electrons. The van der Waals surface area contributed by atoms with Crippen molar-refractivity contribution in [3.05, 3.63) is 82.8 Å². The monoisotopic (exact) mass is 440 g/mol. The van der Waals surface area contributed by atoms with E-state index in [1.54, 1.807) is 0 Å². The molecule has 0 saturated heterocycles. The number of para-hydroxylation sites is 1. The number of aromatic amines is 1. The van der Waals surface area contributed by atoms with Crippen LogP contribution < -0.4 is 5.32 Å². The zero-order valence-electron chi connectivity index (χ0n) is 19.7. The first kappa shape index (κ1) is 21.6. The molecule has 2 aromatic heterocycles. The Hall–Kier alpha value is -3.25. The molecule has 0 fully saturated rings. The molecule has 0 aliphatic heterocycles. The molecule has 0 bridgehead atoms. The number of H-pyrrole nitrogens is 1. The lowest BCUT2D eigenvalue weighted by molar-refractivity contribution is 0.321. The molecular formula is C27H32N6. The molecule has 4 aromatic rings. The van der Waals surface area contributed by atoms with Gasteiger partial charge >= 0.3 is 0 Å². The predicted octanol–water partition coefficient (Wildman–Crippen LogP) is 5.30. The fourth-order valence-corrected chi connectivity index (χ4v) is 5.34. The number of benzene rings is 2. The summed E-state index contributed by atoms with van der Waals surface area (Å²) in [6.07, 6.45) is 11.0. The summed E-state index contributed by atoms with van der Waals surface area (Å²) in [6, 6.07) is 13.0. The smallest absolute Gasteiger partial charge is 0.173 e. The molecule has 6 heteroatoms. The number of aryl methyl sites for hydroxylation is 3. The third kappa shape index (κ3) is 4.35. The minimum Gasteiger partial charge on any atom is -0.361 e. The molecule has 2 aromatic carbocycles. The van der Waals surface area contributed by atoms with Gasteiger partial charge in [-0.3, -0.25) is 0 Å². The fraction of sp³-hybridized carbons (Fsp3) is 0.370. The molecule has 1 aliphatic carbocycles. The molecule has 5 rings (SSSR count). The average molecular weight is 441 g/mol. The highest BCUT2D eigenvalue weighted by Gasteiger charge is 2.29. The number of rotatable bonds is 7. The van der Waals surface area contributed by atoms with Gasteiger partial charge in [-0.05, 0) is 92.1 Å². The normalized spacial score (nSPS) is 17.0. The Morgan fingerprint density at radius 2 is 1.94 bits per heavy atom. The second-order valence-corrected chi connectivity index (χ2v) is 9.28. The molecule has 2 heterocycles. The molecule has 0 amide bonds. The SMILES string of the molecule is Cc1cc(C)c(-n2nnnc2[C@H](NCCc2c[nH]c3ccccc23)[C@H]2CC=CCC2)c(C)c1. The minimum atomic E-state index is 0.0928. The average Bonchev–Trinajstić information content (AvgIpc) is 3.44. The van der Waals surface area contributed by atoms with Crippen LogP contribution in [0.1, 0.15) is 53.4 Å². The summed E-state index contributed by atoms with van der Waals surface area (Å²) in [4.78, 5) is 3.39. The van der Waals surface area contributed by atoms with Crippen molar-refractivity contribution in [2.45, 2.75) is 52.5 Å². The van der Waals surface area contributed by atoms with Crippen molar-refractivity contribution in [2.75, 3.05) is 6.54 Å². The standard InChI is InChI=1S/C27H32N6/c1-18-15-19(2)26(20(3)16-18)33-27(30-31-32-33)25(21-9-5-4-6-10-21)28-14-13-22-17-29-24-12-8-7-11-23(22)24/h4-5,7-8,11-12,15-17,21,25,28-29H,6,9-10,13-14H2,1-3H3/t21-,25+/m0/s1. The van der Waals surface area contributed by atoms with Gasteiger partial charge in [-0.1, -0.05) is 48.0 Å². The van der Waals surface area contributed by atoms with E-state index in [1.165, 1.54) is 33.2 Å². The highest BCUT2D eigenvalue weighted by Crippen LogP contribution is 2.32. The van der Waals surface area contributed by atoms with E-state index in [0.29, 0.717) is 5.92 Å². The van der Waals surface area contributed by atoms with E-state index in [0.717, 1.165) is 43.7 Å². The van der Waals surface area contributed by atoms with E-state index in [-0.39, 0.29) is 6.04 Å². The number of aromatic nitrogens is 5. The van der Waals surface area contributed by atoms with E-state index in [9.17, 15) is 0 Å². The van der Waals surface area contributed by atoms with Gasteiger partial charge in [-0.15, -0.1) is 5.10 Å². The van der Waals surface area contributed by atoms with E-state index >= 15 is 0 Å². The van der Waals surface area contributed by atoms with Crippen LogP contribution in [0.15, 0.2) is 54.7 Å². The van der Waals surface area contributed by atoms with Crippen LogP contribution >= 0.6 is 0 Å². The van der Waals surface area contributed by atoms with Gasteiger partial charge in [0.25, 0.3) is 0 Å². The summed E-state index contributed by atoms with van der Waals surface area (Å²) in [7, 11) is 0. The maximum absolute atomic E-state index is 4.55. The lowest BCUT2D eigenvalue weighted by Crippen LogP contribution is -2.33. The van der Waals surface area contributed by atoms with Gasteiger partial charge in [-0.2, -0.15) is 4.68 Å². The summed E-state index contributed by atoms with van der Waals surface area (Å²) in [5, 5.41) is 18.3. The zero-order chi connectivity index (χ0) is 22.8. The number of hydrogen-bond donors (Lipinski definition) is 2. The van der Waals surface area contributed by atoms with Gasteiger partial charge in [-0.25, -0.2) is 0 Å². The molecule has 0 unspecified atom stereocenters. The highest BCUT2D eigenvalue weighted by atomic mass is 15.5. The highest BCUT2D eigenvalue weighted by molar-refractivity contribution is 5.83. The largest absolute Gasteiger partial charge is 0.361 e. The Balaban J connectivity index is 1.43. The topological polar surface area (TPSA) is 71.4 Å². The van der Waals surface area contributed by atoms with Crippen LogP contribution in [0.2, 0.25) is 0 Å². The number of fused-ring (bicyclic) bond motifs is 1. The van der Waals surface area contributed by atoms with Gasteiger partial charge in [0, 0.05) is 17.1 Å². The number of allylic oxidation sites excluding steroid dienone is 2. The Labute approximate surface area is 195 Å². The molecular weight excluding hydrogens is 408 g/mol. The van der Waals surface area contributed by atoms with Crippen LogP contribution in [0.25, 0.3) is 16.6 Å². The van der Waals surface area contributed by atoms with E-state index in [2.05, 4.69) is 101 Å². The first-order valence-electron chi connectivity index (χ1n) is 11.9. The van der Waals surface area contributed by atoms with E-state index in [4.69, 9.17) is 0 Å². The fourth-order valence-electron chi connectivity index (χ4n) is 5.34. The number of hydrogen-bond acceptors (Lipinski definition) is 4. The van der Waals surface area contributed by atoms with Crippen molar-refractivity contribution < 1.29 is 0 Å². The minimum absolute atomic E-state index is 0.0928. The van der Waals surface area contributed by atoms with E-state index < -0.39 is 0 Å². The third-order valence-electron chi connectivity index (χ3n) is 6.83. The van der Waals surface area contributed by atoms with Crippen molar-refractivity contribution in [1.29, 1.82) is 0 Å². The molecule has 0 saturated carbocycles. The van der Waals surface area contributed by atoms with Gasteiger partial charge < -0.3 is 10.3 Å². The number of nitrogens with zero attached hydrogens (tertiary/aromatic N) is 4. The third-order valence-corrected chi connectivity index (χ3v) is 6.83. The first-order valence-corrected chi connectivity index (χ1v) is 11.9. The predicted molar refractivity (Wildman–Crippen MR) is 133 cm³/mol. The molecule has 170 valence electrons. The van der Waals surface area contributed by atoms with Gasteiger partial charge in [0.05, 0.1) is 11.7 Å². The maximum atomic E-state index is 4.55. The molecule has 6 nitrogen and oxygen atoms in total. The lowest BCUT2D eigenvalue weighted by atomic mass is 9.87. The molecule has 1 aliphatic rings. The van der Waals surface area contributed by atoms with Crippen LogP contribution in [0.3, 0.4) is 0 Å². The van der Waals surface area contributed by atoms with Crippen molar-refractivity contribution in [1.82, 2.24) is 30.5 Å². The maximum Gasteiger partial charge on any atom is 0.173 e. The van der Waals surface area contributed by atoms with Gasteiger partial charge in [0.15, 0.2) is 5.82 Å². The van der Waals surface area contributed by atoms with Crippen LogP contribution in [0, 0.1) is 26.7 Å². The van der Waals surface area contributed by atoms with Crippen LogP contribution in [-0.4, -0.2) is 31.7 Å². The molecule has 2 atom stereocenters. The second kappa shape index (κ2) is 9.32. The quantitative estimate of drug-likeness (QED) is 0.383. The summed E-state index contributed by atoms with van der Waals surface area (Å²) >= 11 is 0. The number of tetrazole rings is 1. The molecule has 0 spiro atoms. The molecule has 33 heavy (non-hydrogen) atoms. The van der Waals surface area contributed by atoms with Crippen LogP contribution in [0.4, 0.5) is 0 Å². The van der Waals surface area contributed by atoms with Crippen molar-refractivity contribution in [3.63, 3.8) is 0 Å². The Morgan fingerprint density at radius 1 is 1.12 bits per heavy atom. The van der Waals surface area contributed by atoms with Crippen LogP contribution in [0.5, 0.6) is 0 Å². The summed E-state index contributed by atoms with van der Waals surface area (Å²) in [5.74, 6) is 1.37. The summed E-state index contributed by atoms with van der Waals surface area (Å²) in [6.45, 7) is 7.28. The Bertz CT molecular complexity index is 1260. The van der Waals surface area contributed by atoms with Gasteiger partial charge in [0.1, 0.15) is 0 Å². The number of nitrogens with one attached hydrogen (secondary N) is 2.